The molecule has 1 aromatic rings. The second kappa shape index (κ2) is 3.18. The molecule has 0 fully saturated rings. The van der Waals surface area contributed by atoms with E-state index in [9.17, 15) is 14.9 Å². The molecule has 0 spiro atoms. The summed E-state index contributed by atoms with van der Waals surface area (Å²) in [5.74, 6) is -1.27. The number of aromatic carboxylic acids is 1. The average Bonchev–Trinajstić information content (AvgIpc) is 2.03. The van der Waals surface area contributed by atoms with E-state index in [0.717, 1.165) is 6.07 Å². The third-order valence-corrected chi connectivity index (χ3v) is 1.37. The van der Waals surface area contributed by atoms with E-state index in [-0.39, 0.29) is 11.4 Å². The van der Waals surface area contributed by atoms with Gasteiger partial charge in [0.15, 0.2) is 5.69 Å². The van der Waals surface area contributed by atoms with E-state index in [1.54, 1.807) is 0 Å². The fourth-order valence-electron chi connectivity index (χ4n) is 0.865. The van der Waals surface area contributed by atoms with Gasteiger partial charge in [-0.2, -0.15) is 0 Å². The molecule has 0 aliphatic carbocycles. The molecule has 0 amide bonds. The van der Waals surface area contributed by atoms with Crippen molar-refractivity contribution in [2.24, 2.45) is 0 Å². The number of hydrogen-bond donors (Lipinski definition) is 1. The number of carbonyl (C=O) groups is 1. The maximum atomic E-state index is 10.4. The van der Waals surface area contributed by atoms with Crippen molar-refractivity contribution in [3.8, 4) is 0 Å². The molecule has 13 heavy (non-hydrogen) atoms. The van der Waals surface area contributed by atoms with Crippen LogP contribution in [-0.2, 0) is 0 Å². The van der Waals surface area contributed by atoms with Gasteiger partial charge in [0.25, 0.3) is 5.69 Å². The van der Waals surface area contributed by atoms with Crippen LogP contribution in [0.3, 0.4) is 0 Å². The predicted molar refractivity (Wildman–Crippen MR) is 42.6 cm³/mol. The number of aryl methyl sites for hydroxylation is 1. The van der Waals surface area contributed by atoms with Gasteiger partial charge in [0.2, 0.25) is 0 Å². The minimum atomic E-state index is -1.27. The number of rotatable bonds is 2. The van der Waals surface area contributed by atoms with Crippen molar-refractivity contribution in [2.75, 3.05) is 0 Å². The molecule has 0 atom stereocenters. The van der Waals surface area contributed by atoms with Gasteiger partial charge in [0.1, 0.15) is 0 Å². The van der Waals surface area contributed by atoms with Crippen molar-refractivity contribution in [3.05, 3.63) is 33.6 Å². The lowest BCUT2D eigenvalue weighted by molar-refractivity contribution is -0.385. The monoisotopic (exact) mass is 182 g/mol. The summed E-state index contributed by atoms with van der Waals surface area (Å²) in [7, 11) is 0. The lowest BCUT2D eigenvalue weighted by atomic mass is 10.3. The van der Waals surface area contributed by atoms with Crippen molar-refractivity contribution in [2.45, 2.75) is 6.92 Å². The zero-order valence-electron chi connectivity index (χ0n) is 6.72. The van der Waals surface area contributed by atoms with E-state index < -0.39 is 10.9 Å². The van der Waals surface area contributed by atoms with Gasteiger partial charge in [-0.25, -0.2) is 9.78 Å². The minimum absolute atomic E-state index is 0.259. The maximum Gasteiger partial charge on any atom is 0.354 e. The lowest BCUT2D eigenvalue weighted by Crippen LogP contribution is -2.02. The Kier molecular flexibility index (Phi) is 2.23. The van der Waals surface area contributed by atoms with E-state index in [1.807, 2.05) is 0 Å². The Morgan fingerprint density at radius 3 is 2.69 bits per heavy atom. The van der Waals surface area contributed by atoms with E-state index in [4.69, 9.17) is 5.11 Å². The third-order valence-electron chi connectivity index (χ3n) is 1.37. The molecule has 0 saturated carbocycles. The summed E-state index contributed by atoms with van der Waals surface area (Å²) in [5, 5.41) is 18.8. The molecule has 0 aliphatic rings. The Morgan fingerprint density at radius 1 is 1.62 bits per heavy atom. The molecule has 1 aromatic heterocycles. The van der Waals surface area contributed by atoms with E-state index in [1.165, 1.54) is 13.0 Å². The number of nitrogens with zero attached hydrogens (tertiary/aromatic N) is 2. The summed E-state index contributed by atoms with van der Waals surface area (Å²) < 4.78 is 0. The Morgan fingerprint density at radius 2 is 2.23 bits per heavy atom. The number of carboxylic acids is 1. The first-order chi connectivity index (χ1) is 6.00. The summed E-state index contributed by atoms with van der Waals surface area (Å²) in [5.41, 5.74) is -0.261. The first-order valence-electron chi connectivity index (χ1n) is 3.37. The quantitative estimate of drug-likeness (QED) is 0.543. The van der Waals surface area contributed by atoms with Crippen LogP contribution >= 0.6 is 0 Å². The number of aromatic nitrogens is 1. The Bertz CT molecular complexity index is 343. The van der Waals surface area contributed by atoms with Gasteiger partial charge in [-0.3, -0.25) is 10.1 Å². The fourth-order valence-corrected chi connectivity index (χ4v) is 0.865. The summed E-state index contributed by atoms with van der Waals surface area (Å²) in [6.45, 7) is 1.50. The first-order valence-corrected chi connectivity index (χ1v) is 3.37. The van der Waals surface area contributed by atoms with Crippen molar-refractivity contribution in [3.63, 3.8) is 0 Å². The molecule has 1 rings (SSSR count). The van der Waals surface area contributed by atoms with Crippen LogP contribution in [0.25, 0.3) is 0 Å². The second-order valence-electron chi connectivity index (χ2n) is 2.41. The highest BCUT2D eigenvalue weighted by atomic mass is 16.6. The molecule has 0 bridgehead atoms. The highest BCUT2D eigenvalue weighted by Gasteiger charge is 2.13. The topological polar surface area (TPSA) is 93.3 Å². The molecule has 0 aliphatic heterocycles. The van der Waals surface area contributed by atoms with Crippen molar-refractivity contribution >= 4 is 11.7 Å². The van der Waals surface area contributed by atoms with E-state index in [2.05, 4.69) is 4.98 Å². The Hall–Kier alpha value is -1.98. The second-order valence-corrected chi connectivity index (χ2v) is 2.41. The van der Waals surface area contributed by atoms with Gasteiger partial charge in [0.05, 0.1) is 4.92 Å². The zero-order valence-corrected chi connectivity index (χ0v) is 6.72. The van der Waals surface area contributed by atoms with Crippen LogP contribution in [-0.4, -0.2) is 21.0 Å². The van der Waals surface area contributed by atoms with Crippen LogP contribution in [0.4, 0.5) is 5.69 Å². The van der Waals surface area contributed by atoms with E-state index >= 15 is 0 Å². The smallest absolute Gasteiger partial charge is 0.354 e. The molecule has 1 heterocycles. The highest BCUT2D eigenvalue weighted by molar-refractivity contribution is 5.86. The van der Waals surface area contributed by atoms with Crippen LogP contribution in [0.1, 0.15) is 16.2 Å². The number of nitro groups is 1. The molecule has 0 unspecified atom stereocenters. The zero-order chi connectivity index (χ0) is 10.0. The highest BCUT2D eigenvalue weighted by Crippen LogP contribution is 2.13. The van der Waals surface area contributed by atoms with Gasteiger partial charge >= 0.3 is 5.97 Å². The summed E-state index contributed by atoms with van der Waals surface area (Å²) >= 11 is 0. The van der Waals surface area contributed by atoms with Crippen molar-refractivity contribution in [1.29, 1.82) is 0 Å². The van der Waals surface area contributed by atoms with Crippen LogP contribution in [0.5, 0.6) is 0 Å². The summed E-state index contributed by atoms with van der Waals surface area (Å²) in [4.78, 5) is 23.7. The van der Waals surface area contributed by atoms with Gasteiger partial charge in [-0.15, -0.1) is 0 Å². The standard InChI is InChI=1S/C7H6N2O4/c1-4-2-5(9(12)13)3-6(8-4)7(10)11/h2-3H,1H3,(H,10,11). The molecule has 68 valence electrons. The Balaban J connectivity index is 3.26. The largest absolute Gasteiger partial charge is 0.477 e. The fraction of sp³-hybridized carbons (Fsp3) is 0.143. The molecule has 0 aromatic carbocycles. The SMILES string of the molecule is Cc1cc([N+](=O)[O-])cc(C(=O)O)n1. The van der Waals surface area contributed by atoms with Crippen LogP contribution in [0.15, 0.2) is 12.1 Å². The molecular formula is C7H6N2O4. The Labute approximate surface area is 73.0 Å². The van der Waals surface area contributed by atoms with Crippen LogP contribution in [0.2, 0.25) is 0 Å². The minimum Gasteiger partial charge on any atom is -0.477 e. The predicted octanol–water partition coefficient (Wildman–Crippen LogP) is 0.996. The number of pyridine rings is 1. The lowest BCUT2D eigenvalue weighted by Gasteiger charge is -1.96. The van der Waals surface area contributed by atoms with Gasteiger partial charge in [-0.1, -0.05) is 0 Å². The number of carboxylic acid groups (broad SMARTS) is 1. The molecule has 1 N–H and O–H groups in total. The number of hydrogen-bond acceptors (Lipinski definition) is 4. The summed E-state index contributed by atoms with van der Waals surface area (Å²) in [6, 6.07) is 2.14. The van der Waals surface area contributed by atoms with Gasteiger partial charge in [-0.05, 0) is 6.92 Å². The molecule has 0 saturated heterocycles. The normalized spacial score (nSPS) is 9.62. The van der Waals surface area contributed by atoms with Gasteiger partial charge in [0, 0.05) is 17.8 Å². The summed E-state index contributed by atoms with van der Waals surface area (Å²) in [6.07, 6.45) is 0. The van der Waals surface area contributed by atoms with Gasteiger partial charge < -0.3 is 5.11 Å². The first kappa shape index (κ1) is 9.11. The van der Waals surface area contributed by atoms with E-state index in [0.29, 0.717) is 5.69 Å². The van der Waals surface area contributed by atoms with Crippen molar-refractivity contribution < 1.29 is 14.8 Å². The maximum absolute atomic E-state index is 10.4. The molecule has 0 radical (unpaired) electrons. The molecule has 6 nitrogen and oxygen atoms in total. The average molecular weight is 182 g/mol. The molecular weight excluding hydrogens is 176 g/mol. The third kappa shape index (κ3) is 1.98. The van der Waals surface area contributed by atoms with Crippen LogP contribution in [0, 0.1) is 17.0 Å². The van der Waals surface area contributed by atoms with Crippen molar-refractivity contribution in [1.82, 2.24) is 4.98 Å². The molecule has 6 heteroatoms. The van der Waals surface area contributed by atoms with Crippen LogP contribution < -0.4 is 0 Å².